The summed E-state index contributed by atoms with van der Waals surface area (Å²) in [7, 11) is -4.44. The lowest BCUT2D eigenvalue weighted by atomic mass is 10.3. The van der Waals surface area contributed by atoms with Crippen LogP contribution in [0.1, 0.15) is 0 Å². The minimum atomic E-state index is -3.78. The zero-order chi connectivity index (χ0) is 24.1. The summed E-state index contributed by atoms with van der Waals surface area (Å²) in [5.74, 6) is -0.139. The SMILES string of the molecule is CN(C)S(=O)(=O)c1ccc(OCCNC(=O)CN(c2ccc(Cl)cc2Cl)S(C)(=O)=O)cc1. The molecule has 32 heavy (non-hydrogen) atoms. The normalized spacial score (nSPS) is 11.9. The number of nitrogens with zero attached hydrogens (tertiary/aromatic N) is 2. The van der Waals surface area contributed by atoms with Gasteiger partial charge in [0.05, 0.1) is 28.4 Å². The van der Waals surface area contributed by atoms with Crippen molar-refractivity contribution in [1.82, 2.24) is 9.62 Å². The summed E-state index contributed by atoms with van der Waals surface area (Å²) in [5, 5.41) is 3.00. The van der Waals surface area contributed by atoms with E-state index in [9.17, 15) is 21.6 Å². The van der Waals surface area contributed by atoms with E-state index in [-0.39, 0.29) is 28.8 Å². The van der Waals surface area contributed by atoms with Crippen molar-refractivity contribution >= 4 is 54.8 Å². The van der Waals surface area contributed by atoms with Crippen LogP contribution in [0.4, 0.5) is 5.69 Å². The van der Waals surface area contributed by atoms with Gasteiger partial charge in [0.2, 0.25) is 26.0 Å². The Morgan fingerprint density at radius 2 is 1.66 bits per heavy atom. The molecule has 0 radical (unpaired) electrons. The van der Waals surface area contributed by atoms with Crippen LogP contribution in [0.25, 0.3) is 0 Å². The van der Waals surface area contributed by atoms with Crippen molar-refractivity contribution in [2.75, 3.05) is 44.4 Å². The fraction of sp³-hybridized carbons (Fsp3) is 0.316. The Morgan fingerprint density at radius 1 is 1.03 bits per heavy atom. The summed E-state index contributed by atoms with van der Waals surface area (Å²) in [6, 6.07) is 10.1. The van der Waals surface area contributed by atoms with Gasteiger partial charge in [0.25, 0.3) is 0 Å². The van der Waals surface area contributed by atoms with Gasteiger partial charge in [0, 0.05) is 19.1 Å². The van der Waals surface area contributed by atoms with Gasteiger partial charge in [-0.1, -0.05) is 23.2 Å². The maximum absolute atomic E-state index is 12.3. The molecule has 0 bridgehead atoms. The summed E-state index contributed by atoms with van der Waals surface area (Å²) in [5.41, 5.74) is 0.137. The first-order valence-electron chi connectivity index (χ1n) is 9.17. The molecule has 0 saturated carbocycles. The Balaban J connectivity index is 1.92. The van der Waals surface area contributed by atoms with Crippen molar-refractivity contribution in [2.45, 2.75) is 4.90 Å². The van der Waals surface area contributed by atoms with Crippen molar-refractivity contribution in [3.63, 3.8) is 0 Å². The van der Waals surface area contributed by atoms with E-state index in [2.05, 4.69) is 5.32 Å². The Hall–Kier alpha value is -2.05. The number of carbonyl (C=O) groups is 1. The summed E-state index contributed by atoms with van der Waals surface area (Å²) in [6.07, 6.45) is 0.967. The quantitative estimate of drug-likeness (QED) is 0.477. The van der Waals surface area contributed by atoms with Gasteiger partial charge in [-0.3, -0.25) is 9.10 Å². The highest BCUT2D eigenvalue weighted by Crippen LogP contribution is 2.30. The Morgan fingerprint density at radius 3 is 2.19 bits per heavy atom. The Bertz CT molecular complexity index is 1170. The Kier molecular flexibility index (Phi) is 8.77. The molecule has 0 heterocycles. The van der Waals surface area contributed by atoms with Gasteiger partial charge in [0.15, 0.2) is 0 Å². The molecule has 0 atom stereocenters. The number of ether oxygens (including phenoxy) is 1. The highest BCUT2D eigenvalue weighted by atomic mass is 35.5. The average Bonchev–Trinajstić information content (AvgIpc) is 2.69. The predicted octanol–water partition coefficient (Wildman–Crippen LogP) is 2.20. The molecule has 1 N–H and O–H groups in total. The van der Waals surface area contributed by atoms with Crippen LogP contribution in [-0.4, -0.2) is 67.1 Å². The number of anilines is 1. The molecule has 0 aromatic heterocycles. The first-order chi connectivity index (χ1) is 14.8. The number of amides is 1. The molecule has 2 aromatic carbocycles. The monoisotopic (exact) mass is 523 g/mol. The van der Waals surface area contributed by atoms with Crippen molar-refractivity contribution in [2.24, 2.45) is 0 Å². The largest absolute Gasteiger partial charge is 0.492 e. The van der Waals surface area contributed by atoms with Gasteiger partial charge in [-0.05, 0) is 42.5 Å². The van der Waals surface area contributed by atoms with Crippen LogP contribution in [-0.2, 0) is 24.8 Å². The van der Waals surface area contributed by atoms with E-state index in [1.54, 1.807) is 0 Å². The second-order valence-corrected chi connectivity index (χ2v) is 11.7. The highest BCUT2D eigenvalue weighted by Gasteiger charge is 2.23. The molecule has 0 aliphatic rings. The lowest BCUT2D eigenvalue weighted by Gasteiger charge is -2.23. The minimum Gasteiger partial charge on any atom is -0.492 e. The van der Waals surface area contributed by atoms with Crippen LogP contribution in [0, 0.1) is 0 Å². The van der Waals surface area contributed by atoms with Crippen LogP contribution in [0.2, 0.25) is 10.0 Å². The first-order valence-corrected chi connectivity index (χ1v) is 13.2. The molecule has 0 saturated heterocycles. The van der Waals surface area contributed by atoms with E-state index in [0.717, 1.165) is 14.9 Å². The molecule has 0 aliphatic heterocycles. The number of sulfonamides is 2. The fourth-order valence-electron chi connectivity index (χ4n) is 2.53. The van der Waals surface area contributed by atoms with Crippen molar-refractivity contribution in [3.05, 3.63) is 52.5 Å². The predicted molar refractivity (Wildman–Crippen MR) is 124 cm³/mol. The van der Waals surface area contributed by atoms with Gasteiger partial charge in [0.1, 0.15) is 18.9 Å². The number of hydrogen-bond donors (Lipinski definition) is 1. The highest BCUT2D eigenvalue weighted by molar-refractivity contribution is 7.92. The van der Waals surface area contributed by atoms with Gasteiger partial charge < -0.3 is 10.1 Å². The molecule has 13 heteroatoms. The molecule has 2 rings (SSSR count). The molecular weight excluding hydrogens is 501 g/mol. The number of nitrogens with one attached hydrogen (secondary N) is 1. The lowest BCUT2D eigenvalue weighted by Crippen LogP contribution is -2.41. The van der Waals surface area contributed by atoms with Crippen molar-refractivity contribution in [1.29, 1.82) is 0 Å². The Labute approximate surface area is 198 Å². The number of hydrogen-bond acceptors (Lipinski definition) is 6. The zero-order valence-electron chi connectivity index (χ0n) is 17.6. The zero-order valence-corrected chi connectivity index (χ0v) is 20.7. The third-order valence-corrected chi connectivity index (χ3v) is 7.65. The standard InChI is InChI=1S/C19H23Cl2N3O6S2/c1-23(2)32(28,29)16-7-5-15(6-8-16)30-11-10-22-19(25)13-24(31(3,26)27)18-9-4-14(20)12-17(18)21/h4-9,12H,10-11,13H2,1-3H3,(H,22,25). The second-order valence-electron chi connectivity index (χ2n) is 6.82. The lowest BCUT2D eigenvalue weighted by molar-refractivity contribution is -0.119. The summed E-state index contributed by atoms with van der Waals surface area (Å²) in [6.45, 7) is -0.286. The molecule has 176 valence electrons. The third-order valence-electron chi connectivity index (χ3n) is 4.16. The fourth-order valence-corrected chi connectivity index (χ4v) is 4.86. The maximum atomic E-state index is 12.3. The second kappa shape index (κ2) is 10.7. The van der Waals surface area contributed by atoms with Gasteiger partial charge in [-0.2, -0.15) is 0 Å². The molecule has 0 aliphatic carbocycles. The van der Waals surface area contributed by atoms with Crippen LogP contribution in [0.5, 0.6) is 5.75 Å². The van der Waals surface area contributed by atoms with E-state index in [0.29, 0.717) is 10.8 Å². The van der Waals surface area contributed by atoms with Crippen molar-refractivity contribution in [3.8, 4) is 5.75 Å². The first kappa shape index (κ1) is 26.2. The smallest absolute Gasteiger partial charge is 0.242 e. The van der Waals surface area contributed by atoms with E-state index in [4.69, 9.17) is 27.9 Å². The maximum Gasteiger partial charge on any atom is 0.242 e. The van der Waals surface area contributed by atoms with Crippen LogP contribution in [0.3, 0.4) is 0 Å². The number of halogens is 2. The average molecular weight is 524 g/mol. The minimum absolute atomic E-state index is 0.0894. The van der Waals surface area contributed by atoms with Crippen LogP contribution in [0.15, 0.2) is 47.4 Å². The van der Waals surface area contributed by atoms with Crippen LogP contribution < -0.4 is 14.4 Å². The molecule has 9 nitrogen and oxygen atoms in total. The molecule has 1 amide bonds. The molecule has 0 unspecified atom stereocenters. The number of carbonyl (C=O) groups excluding carboxylic acids is 1. The summed E-state index contributed by atoms with van der Waals surface area (Å²) in [4.78, 5) is 12.4. The van der Waals surface area contributed by atoms with E-state index in [1.807, 2.05) is 0 Å². The van der Waals surface area contributed by atoms with Gasteiger partial charge in [-0.25, -0.2) is 21.1 Å². The van der Waals surface area contributed by atoms with E-state index < -0.39 is 32.5 Å². The van der Waals surface area contributed by atoms with E-state index >= 15 is 0 Å². The summed E-state index contributed by atoms with van der Waals surface area (Å²) >= 11 is 11.9. The molecular formula is C19H23Cl2N3O6S2. The number of rotatable bonds is 10. The molecule has 2 aromatic rings. The third kappa shape index (κ3) is 6.97. The molecule has 0 spiro atoms. The van der Waals surface area contributed by atoms with E-state index in [1.165, 1.54) is 56.6 Å². The topological polar surface area (TPSA) is 113 Å². The number of benzene rings is 2. The summed E-state index contributed by atoms with van der Waals surface area (Å²) < 4.78 is 55.9. The van der Waals surface area contributed by atoms with Crippen molar-refractivity contribution < 1.29 is 26.4 Å². The van der Waals surface area contributed by atoms with Gasteiger partial charge in [-0.15, -0.1) is 0 Å². The van der Waals surface area contributed by atoms with Crippen LogP contribution >= 0.6 is 23.2 Å². The molecule has 0 fully saturated rings. The van der Waals surface area contributed by atoms with Gasteiger partial charge >= 0.3 is 0 Å².